The minimum absolute atomic E-state index is 0.131. The van der Waals surface area contributed by atoms with Gasteiger partial charge in [-0.3, -0.25) is 9.59 Å². The van der Waals surface area contributed by atoms with Crippen LogP contribution in [0.3, 0.4) is 0 Å². The molecule has 0 fully saturated rings. The van der Waals surface area contributed by atoms with Gasteiger partial charge < -0.3 is 16.2 Å². The van der Waals surface area contributed by atoms with E-state index in [1.165, 1.54) is 0 Å². The third-order valence-electron chi connectivity index (χ3n) is 2.53. The van der Waals surface area contributed by atoms with Gasteiger partial charge in [0, 0.05) is 24.2 Å². The fourth-order valence-electron chi connectivity index (χ4n) is 1.52. The molecule has 0 heterocycles. The molecule has 0 spiro atoms. The number of benzene rings is 1. The first kappa shape index (κ1) is 14.0. The van der Waals surface area contributed by atoms with Gasteiger partial charge in [-0.05, 0) is 37.1 Å². The van der Waals surface area contributed by atoms with Crippen molar-refractivity contribution in [1.29, 1.82) is 0 Å². The number of unbranched alkanes of at least 4 members (excludes halogenated alkanes) is 2. The number of aliphatic carboxylic acids is 1. The van der Waals surface area contributed by atoms with Crippen molar-refractivity contribution < 1.29 is 14.7 Å². The normalized spacial score (nSPS) is 10.0. The maximum Gasteiger partial charge on any atom is 0.303 e. The highest BCUT2D eigenvalue weighted by Crippen LogP contribution is 2.05. The molecule has 0 aliphatic rings. The van der Waals surface area contributed by atoms with Gasteiger partial charge >= 0.3 is 5.97 Å². The fourth-order valence-corrected chi connectivity index (χ4v) is 1.52. The van der Waals surface area contributed by atoms with Gasteiger partial charge in [0.15, 0.2) is 0 Å². The molecule has 18 heavy (non-hydrogen) atoms. The monoisotopic (exact) mass is 250 g/mol. The molecular formula is C13H18N2O3. The van der Waals surface area contributed by atoms with E-state index < -0.39 is 5.97 Å². The molecule has 0 atom stereocenters. The van der Waals surface area contributed by atoms with Crippen LogP contribution in [0.1, 0.15) is 36.0 Å². The average Bonchev–Trinajstić information content (AvgIpc) is 2.34. The molecule has 1 aromatic rings. The zero-order valence-corrected chi connectivity index (χ0v) is 10.2. The summed E-state index contributed by atoms with van der Waals surface area (Å²) < 4.78 is 0. The number of carbonyl (C=O) groups is 2. The zero-order chi connectivity index (χ0) is 13.4. The Labute approximate surface area is 106 Å². The first-order valence-electron chi connectivity index (χ1n) is 5.95. The Morgan fingerprint density at radius 3 is 2.39 bits per heavy atom. The van der Waals surface area contributed by atoms with Crippen LogP contribution in [0.2, 0.25) is 0 Å². The molecule has 5 heteroatoms. The lowest BCUT2D eigenvalue weighted by atomic mass is 10.1. The Balaban J connectivity index is 2.17. The first-order valence-corrected chi connectivity index (χ1v) is 5.95. The Morgan fingerprint density at radius 1 is 1.11 bits per heavy atom. The summed E-state index contributed by atoms with van der Waals surface area (Å²) in [6, 6.07) is 6.72. The van der Waals surface area contributed by atoms with E-state index >= 15 is 0 Å². The number of carbonyl (C=O) groups excluding carboxylic acids is 1. The Morgan fingerprint density at radius 2 is 1.78 bits per heavy atom. The molecule has 5 nitrogen and oxygen atoms in total. The zero-order valence-electron chi connectivity index (χ0n) is 10.2. The van der Waals surface area contributed by atoms with Crippen molar-refractivity contribution in [2.75, 3.05) is 12.3 Å². The van der Waals surface area contributed by atoms with Crippen LogP contribution in [0.4, 0.5) is 5.69 Å². The molecule has 1 amide bonds. The van der Waals surface area contributed by atoms with Crippen LogP contribution < -0.4 is 11.1 Å². The number of nitrogens with one attached hydrogen (secondary N) is 1. The van der Waals surface area contributed by atoms with Gasteiger partial charge in [0.25, 0.3) is 5.91 Å². The smallest absolute Gasteiger partial charge is 0.303 e. The lowest BCUT2D eigenvalue weighted by molar-refractivity contribution is -0.137. The van der Waals surface area contributed by atoms with Gasteiger partial charge in [0.05, 0.1) is 0 Å². The number of carboxylic acids is 1. The van der Waals surface area contributed by atoms with Gasteiger partial charge in [-0.25, -0.2) is 0 Å². The van der Waals surface area contributed by atoms with Crippen LogP contribution in [-0.2, 0) is 4.79 Å². The highest BCUT2D eigenvalue weighted by atomic mass is 16.4. The molecular weight excluding hydrogens is 232 g/mol. The summed E-state index contributed by atoms with van der Waals surface area (Å²) in [6.07, 6.45) is 2.42. The molecule has 4 N–H and O–H groups in total. The summed E-state index contributed by atoms with van der Waals surface area (Å²) in [5, 5.41) is 11.2. The largest absolute Gasteiger partial charge is 0.481 e. The topological polar surface area (TPSA) is 92.4 Å². The summed E-state index contributed by atoms with van der Waals surface area (Å²) in [5.41, 5.74) is 6.73. The minimum atomic E-state index is -0.777. The van der Waals surface area contributed by atoms with E-state index in [-0.39, 0.29) is 12.3 Å². The lowest BCUT2D eigenvalue weighted by Crippen LogP contribution is -2.24. The van der Waals surface area contributed by atoms with Gasteiger partial charge in [-0.1, -0.05) is 6.42 Å². The van der Waals surface area contributed by atoms with E-state index in [4.69, 9.17) is 10.8 Å². The van der Waals surface area contributed by atoms with Gasteiger partial charge in [0.1, 0.15) is 0 Å². The van der Waals surface area contributed by atoms with E-state index in [1.54, 1.807) is 24.3 Å². The van der Waals surface area contributed by atoms with E-state index in [1.807, 2.05) is 0 Å². The number of rotatable bonds is 7. The number of carboxylic acid groups (broad SMARTS) is 1. The quantitative estimate of drug-likeness (QED) is 0.506. The van der Waals surface area contributed by atoms with Crippen molar-refractivity contribution in [2.45, 2.75) is 25.7 Å². The van der Waals surface area contributed by atoms with Crippen molar-refractivity contribution in [3.05, 3.63) is 29.8 Å². The van der Waals surface area contributed by atoms with Crippen LogP contribution >= 0.6 is 0 Å². The Kier molecular flexibility index (Phi) is 5.70. The van der Waals surface area contributed by atoms with E-state index in [2.05, 4.69) is 5.32 Å². The highest BCUT2D eigenvalue weighted by Gasteiger charge is 2.03. The molecule has 0 saturated carbocycles. The Hall–Kier alpha value is -2.04. The second-order valence-electron chi connectivity index (χ2n) is 4.08. The predicted molar refractivity (Wildman–Crippen MR) is 69.3 cm³/mol. The Bertz CT molecular complexity index is 401. The van der Waals surface area contributed by atoms with Crippen LogP contribution in [0.25, 0.3) is 0 Å². The molecule has 0 aliphatic carbocycles. The van der Waals surface area contributed by atoms with Crippen LogP contribution in [0, 0.1) is 0 Å². The van der Waals surface area contributed by atoms with E-state index in [0.29, 0.717) is 24.2 Å². The van der Waals surface area contributed by atoms with Gasteiger partial charge in [0.2, 0.25) is 0 Å². The summed E-state index contributed by atoms with van der Waals surface area (Å²) in [5.74, 6) is -0.908. The number of hydrogen-bond donors (Lipinski definition) is 3. The maximum atomic E-state index is 11.7. The SMILES string of the molecule is Nc1ccc(C(=O)NCCCCCC(=O)O)cc1. The number of amides is 1. The minimum Gasteiger partial charge on any atom is -0.481 e. The van der Waals surface area contributed by atoms with Gasteiger partial charge in [-0.15, -0.1) is 0 Å². The molecule has 0 aliphatic heterocycles. The number of nitrogens with two attached hydrogens (primary N) is 1. The summed E-state index contributed by atoms with van der Waals surface area (Å²) >= 11 is 0. The van der Waals surface area contributed by atoms with Crippen LogP contribution in [-0.4, -0.2) is 23.5 Å². The summed E-state index contributed by atoms with van der Waals surface area (Å²) in [6.45, 7) is 0.558. The molecule has 0 radical (unpaired) electrons. The fraction of sp³-hybridized carbons (Fsp3) is 0.385. The van der Waals surface area contributed by atoms with E-state index in [0.717, 1.165) is 12.8 Å². The second-order valence-corrected chi connectivity index (χ2v) is 4.08. The predicted octanol–water partition coefficient (Wildman–Crippen LogP) is 1.64. The van der Waals surface area contributed by atoms with Crippen molar-refractivity contribution in [3.8, 4) is 0 Å². The molecule has 0 bridgehead atoms. The van der Waals surface area contributed by atoms with E-state index in [9.17, 15) is 9.59 Å². The van der Waals surface area contributed by atoms with Crippen molar-refractivity contribution in [2.24, 2.45) is 0 Å². The molecule has 1 aromatic carbocycles. The van der Waals surface area contributed by atoms with Gasteiger partial charge in [-0.2, -0.15) is 0 Å². The molecule has 0 aromatic heterocycles. The summed E-state index contributed by atoms with van der Waals surface area (Å²) in [7, 11) is 0. The molecule has 98 valence electrons. The van der Waals surface area contributed by atoms with Crippen LogP contribution in [0.15, 0.2) is 24.3 Å². The third kappa shape index (κ3) is 5.34. The van der Waals surface area contributed by atoms with Crippen LogP contribution in [0.5, 0.6) is 0 Å². The molecule has 0 unspecified atom stereocenters. The maximum absolute atomic E-state index is 11.7. The first-order chi connectivity index (χ1) is 8.59. The lowest BCUT2D eigenvalue weighted by Gasteiger charge is -2.05. The molecule has 1 rings (SSSR count). The van der Waals surface area contributed by atoms with Crippen molar-refractivity contribution >= 4 is 17.6 Å². The number of hydrogen-bond acceptors (Lipinski definition) is 3. The molecule has 0 saturated heterocycles. The summed E-state index contributed by atoms with van der Waals surface area (Å²) in [4.78, 5) is 21.9. The number of anilines is 1. The van der Waals surface area contributed by atoms with Crippen molar-refractivity contribution in [1.82, 2.24) is 5.32 Å². The standard InChI is InChI=1S/C13H18N2O3/c14-11-7-5-10(6-8-11)13(18)15-9-3-1-2-4-12(16)17/h5-8H,1-4,9,14H2,(H,15,18)(H,16,17). The highest BCUT2D eigenvalue weighted by molar-refractivity contribution is 5.94. The number of nitrogen functional groups attached to an aromatic ring is 1. The second kappa shape index (κ2) is 7.32. The van der Waals surface area contributed by atoms with Crippen molar-refractivity contribution in [3.63, 3.8) is 0 Å². The third-order valence-corrected chi connectivity index (χ3v) is 2.53. The average molecular weight is 250 g/mol.